The number of nitrogens with zero attached hydrogens (tertiary/aromatic N) is 4. The molecular weight excluding hydrogens is 540 g/mol. The van der Waals surface area contributed by atoms with E-state index in [0.29, 0.717) is 34.3 Å². The molecule has 0 spiro atoms. The zero-order valence-corrected chi connectivity index (χ0v) is 23.1. The lowest BCUT2D eigenvalue weighted by Gasteiger charge is -2.18. The highest BCUT2D eigenvalue weighted by atomic mass is 32.2. The number of para-hydroxylation sites is 2. The van der Waals surface area contributed by atoms with E-state index in [0.717, 1.165) is 11.8 Å². The molecule has 3 aromatic carbocycles. The summed E-state index contributed by atoms with van der Waals surface area (Å²) in [5.41, 5.74) is 1.18. The predicted molar refractivity (Wildman–Crippen MR) is 147 cm³/mol. The van der Waals surface area contributed by atoms with Crippen LogP contribution in [0.3, 0.4) is 0 Å². The SMILES string of the molecule is CCN(CC)S(=O)(=O)c1ccc(C(=O)Oc2c(Sc3ccccc3[N+](=O)[O-])c(C)nn2-c2ccccc2)cc1. The number of benzene rings is 3. The highest BCUT2D eigenvalue weighted by molar-refractivity contribution is 7.99. The molecule has 0 saturated heterocycles. The van der Waals surface area contributed by atoms with Crippen molar-refractivity contribution in [3.8, 4) is 11.6 Å². The Morgan fingerprint density at radius 1 is 1.00 bits per heavy atom. The molecule has 0 N–H and O–H groups in total. The standard InChI is InChI=1S/C27H26N4O6S2/c1-4-29(5-2)39(35,36)22-17-15-20(16-18-22)27(32)37-26-25(38-24-14-10-9-13-23(24)31(33)34)19(3)28-30(26)21-11-7-6-8-12-21/h6-18H,4-5H2,1-3H3. The Kier molecular flexibility index (Phi) is 8.48. The summed E-state index contributed by atoms with van der Waals surface area (Å²) in [7, 11) is -3.69. The highest BCUT2D eigenvalue weighted by Gasteiger charge is 2.26. The van der Waals surface area contributed by atoms with Crippen molar-refractivity contribution in [3.63, 3.8) is 0 Å². The summed E-state index contributed by atoms with van der Waals surface area (Å²) in [5, 5.41) is 16.1. The third-order valence-corrected chi connectivity index (χ3v) is 9.17. The number of hydrogen-bond acceptors (Lipinski definition) is 8. The molecule has 0 aliphatic rings. The van der Waals surface area contributed by atoms with Crippen LogP contribution in [0.2, 0.25) is 0 Å². The van der Waals surface area contributed by atoms with Gasteiger partial charge < -0.3 is 4.74 Å². The Balaban J connectivity index is 1.72. The second-order valence-electron chi connectivity index (χ2n) is 8.30. The Hall–Kier alpha value is -4.00. The molecular formula is C27H26N4O6S2. The number of aryl methyl sites for hydroxylation is 1. The van der Waals surface area contributed by atoms with Gasteiger partial charge in [-0.15, -0.1) is 0 Å². The molecule has 0 aliphatic heterocycles. The average molecular weight is 567 g/mol. The smallest absolute Gasteiger partial charge is 0.344 e. The molecule has 202 valence electrons. The summed E-state index contributed by atoms with van der Waals surface area (Å²) in [6.45, 7) is 5.88. The van der Waals surface area contributed by atoms with Crippen molar-refractivity contribution >= 4 is 33.4 Å². The summed E-state index contributed by atoms with van der Waals surface area (Å²) in [4.78, 5) is 25.2. The van der Waals surface area contributed by atoms with Gasteiger partial charge in [0.25, 0.3) is 5.69 Å². The van der Waals surface area contributed by atoms with Gasteiger partial charge in [-0.25, -0.2) is 13.2 Å². The molecule has 0 saturated carbocycles. The molecule has 0 bridgehead atoms. The number of hydrogen-bond donors (Lipinski definition) is 0. The average Bonchev–Trinajstić information content (AvgIpc) is 3.24. The zero-order chi connectivity index (χ0) is 28.2. The van der Waals surface area contributed by atoms with Gasteiger partial charge in [0.05, 0.1) is 36.6 Å². The molecule has 1 heterocycles. The molecule has 12 heteroatoms. The molecule has 10 nitrogen and oxygen atoms in total. The van der Waals surface area contributed by atoms with E-state index in [9.17, 15) is 23.3 Å². The third kappa shape index (κ3) is 5.87. The largest absolute Gasteiger partial charge is 0.402 e. The van der Waals surface area contributed by atoms with E-state index < -0.39 is 20.9 Å². The molecule has 0 atom stereocenters. The van der Waals surface area contributed by atoms with Crippen molar-refractivity contribution in [2.75, 3.05) is 13.1 Å². The minimum absolute atomic E-state index is 0.0700. The summed E-state index contributed by atoms with van der Waals surface area (Å²) in [6.07, 6.45) is 0. The van der Waals surface area contributed by atoms with E-state index in [2.05, 4.69) is 5.10 Å². The first-order chi connectivity index (χ1) is 18.7. The van der Waals surface area contributed by atoms with E-state index in [1.807, 2.05) is 18.2 Å². The van der Waals surface area contributed by atoms with Crippen molar-refractivity contribution in [2.45, 2.75) is 35.5 Å². The van der Waals surface area contributed by atoms with E-state index in [1.165, 1.54) is 39.3 Å². The molecule has 0 radical (unpaired) electrons. The van der Waals surface area contributed by atoms with Crippen molar-refractivity contribution in [3.05, 3.63) is 100 Å². The van der Waals surface area contributed by atoms with Crippen LogP contribution in [0.4, 0.5) is 5.69 Å². The van der Waals surface area contributed by atoms with Crippen molar-refractivity contribution in [1.29, 1.82) is 0 Å². The van der Waals surface area contributed by atoms with Gasteiger partial charge in [-0.3, -0.25) is 10.1 Å². The Morgan fingerprint density at radius 2 is 1.62 bits per heavy atom. The molecule has 4 aromatic rings. The number of carbonyl (C=O) groups is 1. The molecule has 39 heavy (non-hydrogen) atoms. The maximum atomic E-state index is 13.3. The first kappa shape index (κ1) is 28.0. The molecule has 0 amide bonds. The Morgan fingerprint density at radius 3 is 2.23 bits per heavy atom. The minimum atomic E-state index is -3.69. The van der Waals surface area contributed by atoms with Crippen molar-refractivity contribution in [2.24, 2.45) is 0 Å². The third-order valence-electron chi connectivity index (χ3n) is 5.86. The number of nitro groups is 1. The van der Waals surface area contributed by atoms with Gasteiger partial charge in [-0.2, -0.15) is 14.1 Å². The van der Waals surface area contributed by atoms with Crippen LogP contribution in [-0.2, 0) is 10.0 Å². The quantitative estimate of drug-likeness (QED) is 0.140. The van der Waals surface area contributed by atoms with Crippen LogP contribution in [0.15, 0.2) is 93.5 Å². The fourth-order valence-electron chi connectivity index (χ4n) is 3.87. The predicted octanol–water partition coefficient (Wildman–Crippen LogP) is 5.49. The first-order valence-electron chi connectivity index (χ1n) is 12.1. The van der Waals surface area contributed by atoms with Crippen LogP contribution < -0.4 is 4.74 Å². The van der Waals surface area contributed by atoms with Gasteiger partial charge >= 0.3 is 5.97 Å². The second kappa shape index (κ2) is 11.8. The molecule has 0 unspecified atom stereocenters. The van der Waals surface area contributed by atoms with E-state index >= 15 is 0 Å². The fourth-order valence-corrected chi connectivity index (χ4v) is 6.35. The van der Waals surface area contributed by atoms with Gasteiger partial charge in [-0.05, 0) is 49.4 Å². The molecule has 4 rings (SSSR count). The topological polar surface area (TPSA) is 125 Å². The van der Waals surface area contributed by atoms with Crippen LogP contribution in [0.1, 0.15) is 29.9 Å². The van der Waals surface area contributed by atoms with E-state index in [4.69, 9.17) is 4.74 Å². The summed E-state index contributed by atoms with van der Waals surface area (Å²) in [5.74, 6) is -0.644. The number of nitro benzene ring substituents is 1. The summed E-state index contributed by atoms with van der Waals surface area (Å²) in [6, 6.07) is 20.8. The van der Waals surface area contributed by atoms with E-state index in [-0.39, 0.29) is 22.0 Å². The molecule has 1 aromatic heterocycles. The number of aromatic nitrogens is 2. The Labute approximate surface area is 230 Å². The normalized spacial score (nSPS) is 11.5. The van der Waals surface area contributed by atoms with Gasteiger partial charge in [0.1, 0.15) is 0 Å². The van der Waals surface area contributed by atoms with Crippen molar-refractivity contribution in [1.82, 2.24) is 14.1 Å². The van der Waals surface area contributed by atoms with Crippen LogP contribution in [0.25, 0.3) is 5.69 Å². The minimum Gasteiger partial charge on any atom is -0.402 e. The lowest BCUT2D eigenvalue weighted by Crippen LogP contribution is -2.30. The molecule has 0 aliphatic carbocycles. The van der Waals surface area contributed by atoms with E-state index in [1.54, 1.807) is 51.1 Å². The van der Waals surface area contributed by atoms with Crippen LogP contribution in [0.5, 0.6) is 5.88 Å². The second-order valence-corrected chi connectivity index (χ2v) is 11.3. The van der Waals surface area contributed by atoms with Crippen LogP contribution >= 0.6 is 11.8 Å². The van der Waals surface area contributed by atoms with Gasteiger partial charge in [0.2, 0.25) is 15.9 Å². The fraction of sp³-hybridized carbons (Fsp3) is 0.185. The molecule has 0 fully saturated rings. The van der Waals surface area contributed by atoms with Gasteiger partial charge in [-0.1, -0.05) is 55.9 Å². The Bertz CT molecular complexity index is 1600. The number of carbonyl (C=O) groups excluding carboxylic acids is 1. The summed E-state index contributed by atoms with van der Waals surface area (Å²) < 4.78 is 34.2. The number of ether oxygens (including phenoxy) is 1. The maximum Gasteiger partial charge on any atom is 0.344 e. The number of sulfonamides is 1. The lowest BCUT2D eigenvalue weighted by molar-refractivity contribution is -0.387. The van der Waals surface area contributed by atoms with Crippen LogP contribution in [-0.4, -0.2) is 46.5 Å². The number of esters is 1. The summed E-state index contributed by atoms with van der Waals surface area (Å²) >= 11 is 1.08. The van der Waals surface area contributed by atoms with Crippen molar-refractivity contribution < 1.29 is 22.9 Å². The van der Waals surface area contributed by atoms with Crippen LogP contribution in [0, 0.1) is 17.0 Å². The lowest BCUT2D eigenvalue weighted by atomic mass is 10.2. The zero-order valence-electron chi connectivity index (χ0n) is 21.5. The highest BCUT2D eigenvalue weighted by Crippen LogP contribution is 2.42. The van der Waals surface area contributed by atoms with Gasteiger partial charge in [0.15, 0.2) is 0 Å². The maximum absolute atomic E-state index is 13.3. The monoisotopic (exact) mass is 566 g/mol. The number of rotatable bonds is 10. The van der Waals surface area contributed by atoms with Gasteiger partial charge in [0, 0.05) is 19.2 Å². The first-order valence-corrected chi connectivity index (χ1v) is 14.3.